The second-order valence-corrected chi connectivity index (χ2v) is 6.55. The third-order valence-corrected chi connectivity index (χ3v) is 4.53. The first-order chi connectivity index (χ1) is 9.72. The second kappa shape index (κ2) is 7.82. The van der Waals surface area contributed by atoms with Gasteiger partial charge in [-0.05, 0) is 31.7 Å². The van der Waals surface area contributed by atoms with Gasteiger partial charge in [0.05, 0.1) is 0 Å². The zero-order valence-electron chi connectivity index (χ0n) is 13.4. The molecule has 0 bridgehead atoms. The maximum atomic E-state index is 4.53. The molecule has 1 aliphatic carbocycles. The Labute approximate surface area is 124 Å². The lowest BCUT2D eigenvalue weighted by molar-refractivity contribution is 0.246. The largest absolute Gasteiger partial charge is 0.333 e. The average molecular weight is 277 g/mol. The first kappa shape index (κ1) is 15.6. The number of imidazole rings is 1. The number of hydrogen-bond acceptors (Lipinski definition) is 2. The van der Waals surface area contributed by atoms with Gasteiger partial charge in [-0.2, -0.15) is 0 Å². The quantitative estimate of drug-likeness (QED) is 0.817. The highest BCUT2D eigenvalue weighted by atomic mass is 15.1. The summed E-state index contributed by atoms with van der Waals surface area (Å²) in [5.74, 6) is 2.57. The Bertz CT molecular complexity index is 377. The molecule has 1 N–H and O–H groups in total. The predicted molar refractivity (Wildman–Crippen MR) is 85.0 cm³/mol. The van der Waals surface area contributed by atoms with Gasteiger partial charge in [0.15, 0.2) is 0 Å². The summed E-state index contributed by atoms with van der Waals surface area (Å²) in [5.41, 5.74) is 0. The number of rotatable bonds is 7. The minimum absolute atomic E-state index is 0.503. The molecule has 3 nitrogen and oxygen atoms in total. The van der Waals surface area contributed by atoms with E-state index in [1.54, 1.807) is 0 Å². The fraction of sp³-hybridized carbons (Fsp3) is 0.824. The van der Waals surface area contributed by atoms with E-state index in [1.807, 2.05) is 6.20 Å². The van der Waals surface area contributed by atoms with E-state index in [4.69, 9.17) is 0 Å². The van der Waals surface area contributed by atoms with Crippen LogP contribution < -0.4 is 5.32 Å². The highest BCUT2D eigenvalue weighted by Crippen LogP contribution is 2.27. The molecule has 1 aliphatic rings. The van der Waals surface area contributed by atoms with Crippen molar-refractivity contribution in [3.63, 3.8) is 0 Å². The molecule has 1 unspecified atom stereocenters. The van der Waals surface area contributed by atoms with Crippen LogP contribution in [0.15, 0.2) is 12.4 Å². The molecule has 1 atom stereocenters. The fourth-order valence-corrected chi connectivity index (χ4v) is 3.43. The molecular weight excluding hydrogens is 246 g/mol. The van der Waals surface area contributed by atoms with Crippen molar-refractivity contribution < 1.29 is 0 Å². The standard InChI is InChI=1S/C17H31N3/c1-4-10-18-16(15-8-6-5-7-9-15)13-20-12-11-19-17(20)14(2)3/h11-12,14-16,18H,4-10,13H2,1-3H3. The molecule has 0 saturated heterocycles. The zero-order valence-corrected chi connectivity index (χ0v) is 13.4. The zero-order chi connectivity index (χ0) is 14.4. The smallest absolute Gasteiger partial charge is 0.111 e. The Morgan fingerprint density at radius 3 is 2.70 bits per heavy atom. The van der Waals surface area contributed by atoms with Gasteiger partial charge in [0.2, 0.25) is 0 Å². The van der Waals surface area contributed by atoms with Crippen LogP contribution in [0.25, 0.3) is 0 Å². The van der Waals surface area contributed by atoms with E-state index in [1.165, 1.54) is 44.3 Å². The minimum atomic E-state index is 0.503. The molecule has 20 heavy (non-hydrogen) atoms. The van der Waals surface area contributed by atoms with Gasteiger partial charge in [-0.25, -0.2) is 4.98 Å². The van der Waals surface area contributed by atoms with Crippen LogP contribution >= 0.6 is 0 Å². The number of nitrogens with zero attached hydrogens (tertiary/aromatic N) is 2. The van der Waals surface area contributed by atoms with Crippen molar-refractivity contribution in [3.8, 4) is 0 Å². The highest BCUT2D eigenvalue weighted by molar-refractivity contribution is 4.99. The Hall–Kier alpha value is -0.830. The molecule has 1 fully saturated rings. The molecule has 2 rings (SSSR count). The lowest BCUT2D eigenvalue weighted by Gasteiger charge is -2.32. The van der Waals surface area contributed by atoms with E-state index in [-0.39, 0.29) is 0 Å². The third-order valence-electron chi connectivity index (χ3n) is 4.53. The van der Waals surface area contributed by atoms with Crippen molar-refractivity contribution >= 4 is 0 Å². The molecule has 1 aromatic heterocycles. The highest BCUT2D eigenvalue weighted by Gasteiger charge is 2.24. The predicted octanol–water partition coefficient (Wildman–Crippen LogP) is 3.96. The Kier molecular flexibility index (Phi) is 6.08. The van der Waals surface area contributed by atoms with E-state index in [0.29, 0.717) is 12.0 Å². The number of nitrogens with one attached hydrogen (secondary N) is 1. The van der Waals surface area contributed by atoms with Crippen molar-refractivity contribution in [1.82, 2.24) is 14.9 Å². The van der Waals surface area contributed by atoms with Gasteiger partial charge in [-0.1, -0.05) is 40.0 Å². The van der Waals surface area contributed by atoms with E-state index >= 15 is 0 Å². The molecule has 3 heteroatoms. The van der Waals surface area contributed by atoms with E-state index < -0.39 is 0 Å². The van der Waals surface area contributed by atoms with Gasteiger partial charge >= 0.3 is 0 Å². The molecule has 0 radical (unpaired) electrons. The molecule has 1 heterocycles. The summed E-state index contributed by atoms with van der Waals surface area (Å²) >= 11 is 0. The van der Waals surface area contributed by atoms with Crippen molar-refractivity contribution in [2.75, 3.05) is 6.54 Å². The number of aromatic nitrogens is 2. The third kappa shape index (κ3) is 4.08. The molecule has 0 aromatic carbocycles. The van der Waals surface area contributed by atoms with Crippen LogP contribution in [0.2, 0.25) is 0 Å². The van der Waals surface area contributed by atoms with E-state index in [2.05, 4.69) is 41.8 Å². The minimum Gasteiger partial charge on any atom is -0.333 e. The molecule has 0 aliphatic heterocycles. The monoisotopic (exact) mass is 277 g/mol. The first-order valence-electron chi connectivity index (χ1n) is 8.46. The summed E-state index contributed by atoms with van der Waals surface area (Å²) in [6, 6.07) is 0.613. The fourth-order valence-electron chi connectivity index (χ4n) is 3.43. The van der Waals surface area contributed by atoms with Gasteiger partial charge in [-0.15, -0.1) is 0 Å². The van der Waals surface area contributed by atoms with Crippen molar-refractivity contribution in [2.45, 2.75) is 77.8 Å². The molecule has 0 spiro atoms. The average Bonchev–Trinajstić information content (AvgIpc) is 2.92. The van der Waals surface area contributed by atoms with E-state index in [0.717, 1.165) is 19.0 Å². The Morgan fingerprint density at radius 1 is 1.30 bits per heavy atom. The van der Waals surface area contributed by atoms with Crippen LogP contribution in [0, 0.1) is 5.92 Å². The molecule has 1 saturated carbocycles. The van der Waals surface area contributed by atoms with Crippen LogP contribution in [-0.4, -0.2) is 22.1 Å². The lowest BCUT2D eigenvalue weighted by atomic mass is 9.83. The molecule has 0 amide bonds. The maximum Gasteiger partial charge on any atom is 0.111 e. The molecule has 114 valence electrons. The topological polar surface area (TPSA) is 29.9 Å². The summed E-state index contributed by atoms with van der Waals surface area (Å²) < 4.78 is 2.37. The van der Waals surface area contributed by atoms with Gasteiger partial charge in [0.1, 0.15) is 5.82 Å². The lowest BCUT2D eigenvalue weighted by Crippen LogP contribution is -2.41. The summed E-state index contributed by atoms with van der Waals surface area (Å²) in [4.78, 5) is 4.53. The van der Waals surface area contributed by atoms with Crippen molar-refractivity contribution in [1.29, 1.82) is 0 Å². The van der Waals surface area contributed by atoms with Crippen LogP contribution in [0.1, 0.15) is 71.0 Å². The van der Waals surface area contributed by atoms with Gasteiger partial charge in [-0.3, -0.25) is 0 Å². The molecule has 1 aromatic rings. The van der Waals surface area contributed by atoms with E-state index in [9.17, 15) is 0 Å². The summed E-state index contributed by atoms with van der Waals surface area (Å²) in [5, 5.41) is 3.79. The second-order valence-electron chi connectivity index (χ2n) is 6.55. The summed E-state index contributed by atoms with van der Waals surface area (Å²) in [6.45, 7) is 8.93. The van der Waals surface area contributed by atoms with Crippen LogP contribution in [0.3, 0.4) is 0 Å². The van der Waals surface area contributed by atoms with Crippen LogP contribution in [0.5, 0.6) is 0 Å². The Morgan fingerprint density at radius 2 is 2.05 bits per heavy atom. The van der Waals surface area contributed by atoms with Crippen molar-refractivity contribution in [3.05, 3.63) is 18.2 Å². The van der Waals surface area contributed by atoms with Crippen LogP contribution in [-0.2, 0) is 6.54 Å². The maximum absolute atomic E-state index is 4.53. The van der Waals surface area contributed by atoms with Crippen LogP contribution in [0.4, 0.5) is 0 Å². The van der Waals surface area contributed by atoms with Gasteiger partial charge in [0, 0.05) is 30.9 Å². The SMILES string of the molecule is CCCNC(Cn1ccnc1C(C)C)C1CCCCC1. The first-order valence-corrected chi connectivity index (χ1v) is 8.46. The van der Waals surface area contributed by atoms with Gasteiger partial charge < -0.3 is 9.88 Å². The normalized spacial score (nSPS) is 18.6. The Balaban J connectivity index is 2.03. The summed E-state index contributed by atoms with van der Waals surface area (Å²) in [6.07, 6.45) is 12.4. The summed E-state index contributed by atoms with van der Waals surface area (Å²) in [7, 11) is 0. The van der Waals surface area contributed by atoms with Crippen molar-refractivity contribution in [2.24, 2.45) is 5.92 Å². The molecular formula is C17H31N3. The number of hydrogen-bond donors (Lipinski definition) is 1. The van der Waals surface area contributed by atoms with Gasteiger partial charge in [0.25, 0.3) is 0 Å².